The average Bonchev–Trinajstić information content (AvgIpc) is 2.91. The fourth-order valence-electron chi connectivity index (χ4n) is 1.88. The molecule has 1 atom stereocenters. The molecule has 0 radical (unpaired) electrons. The summed E-state index contributed by atoms with van der Waals surface area (Å²) in [5.74, 6) is 0.411. The van der Waals surface area contributed by atoms with Crippen molar-refractivity contribution in [2.24, 2.45) is 0 Å². The predicted molar refractivity (Wildman–Crippen MR) is 80.1 cm³/mol. The van der Waals surface area contributed by atoms with Crippen molar-refractivity contribution in [2.75, 3.05) is 0 Å². The lowest BCUT2D eigenvalue weighted by Gasteiger charge is -2.12. The smallest absolute Gasteiger partial charge is 0.284 e. The lowest BCUT2D eigenvalue weighted by atomic mass is 10.1. The molecule has 1 N–H and O–H groups in total. The van der Waals surface area contributed by atoms with Crippen molar-refractivity contribution in [1.82, 2.24) is 5.32 Å². The summed E-state index contributed by atoms with van der Waals surface area (Å²) in [5, 5.41) is 13.6. The normalized spacial score (nSPS) is 11.9. The number of carbonyl (C=O) groups excluding carboxylic acids is 1. The van der Waals surface area contributed by atoms with Crippen molar-refractivity contribution in [3.05, 3.63) is 62.5 Å². The molecule has 6 nitrogen and oxygen atoms in total. The molecule has 0 aliphatic carbocycles. The molecule has 0 fully saturated rings. The van der Waals surface area contributed by atoms with Crippen molar-refractivity contribution in [3.8, 4) is 0 Å². The number of carbonyl (C=O) groups is 1. The van der Waals surface area contributed by atoms with Gasteiger partial charge in [0.05, 0.1) is 15.7 Å². The Labute approximate surface area is 129 Å². The maximum atomic E-state index is 12.1. The highest BCUT2D eigenvalue weighted by Gasteiger charge is 2.17. The van der Waals surface area contributed by atoms with Gasteiger partial charge in [0.25, 0.3) is 11.6 Å². The van der Waals surface area contributed by atoms with Crippen molar-refractivity contribution in [1.29, 1.82) is 0 Å². The van der Waals surface area contributed by atoms with Crippen LogP contribution in [0.1, 0.15) is 23.0 Å². The zero-order valence-electron chi connectivity index (χ0n) is 11.2. The van der Waals surface area contributed by atoms with E-state index in [1.165, 1.54) is 18.2 Å². The minimum Gasteiger partial charge on any atom is -0.469 e. The topological polar surface area (TPSA) is 85.4 Å². The van der Waals surface area contributed by atoms with E-state index in [1.54, 1.807) is 12.3 Å². The van der Waals surface area contributed by atoms with Crippen molar-refractivity contribution in [2.45, 2.75) is 19.4 Å². The number of nitro benzene ring substituents is 1. The summed E-state index contributed by atoms with van der Waals surface area (Å²) < 4.78 is 5.55. The fourth-order valence-corrected chi connectivity index (χ4v) is 2.27. The Bertz CT molecular complexity index is 655. The number of benzene rings is 1. The van der Waals surface area contributed by atoms with Crippen LogP contribution in [0, 0.1) is 10.1 Å². The molecule has 2 rings (SSSR count). The highest BCUT2D eigenvalue weighted by Crippen LogP contribution is 2.25. The van der Waals surface area contributed by atoms with Crippen LogP contribution in [-0.2, 0) is 6.42 Å². The molecule has 1 heterocycles. The van der Waals surface area contributed by atoms with Gasteiger partial charge in [-0.05, 0) is 47.1 Å². The predicted octanol–water partition coefficient (Wildman–Crippen LogP) is 3.31. The Morgan fingerprint density at radius 3 is 2.86 bits per heavy atom. The Morgan fingerprint density at radius 1 is 1.48 bits per heavy atom. The van der Waals surface area contributed by atoms with Crippen LogP contribution in [0.3, 0.4) is 0 Å². The molecule has 0 aliphatic rings. The zero-order valence-corrected chi connectivity index (χ0v) is 12.8. The number of hydrogen-bond acceptors (Lipinski definition) is 4. The molecular weight excluding hydrogens is 340 g/mol. The Balaban J connectivity index is 2.06. The molecule has 0 spiro atoms. The Kier molecular flexibility index (Phi) is 4.74. The molecular formula is C14H13BrN2O4. The van der Waals surface area contributed by atoms with Gasteiger partial charge in [0, 0.05) is 24.1 Å². The fraction of sp³-hybridized carbons (Fsp3) is 0.214. The Hall–Kier alpha value is -2.15. The van der Waals surface area contributed by atoms with Crippen LogP contribution in [0.2, 0.25) is 0 Å². The summed E-state index contributed by atoms with van der Waals surface area (Å²) in [5.41, 5.74) is 0.109. The number of hydrogen-bond donors (Lipinski definition) is 1. The molecule has 1 amide bonds. The summed E-state index contributed by atoms with van der Waals surface area (Å²) in [7, 11) is 0. The molecule has 7 heteroatoms. The first-order valence-electron chi connectivity index (χ1n) is 6.24. The standard InChI is InChI=1S/C14H13BrN2O4/c1-9(7-11-3-2-6-21-11)16-14(18)10-4-5-12(15)13(8-10)17(19)20/h2-6,8-9H,7H2,1H3,(H,16,18). The molecule has 0 bridgehead atoms. The van der Waals surface area contributed by atoms with Gasteiger partial charge in [-0.1, -0.05) is 0 Å². The molecule has 1 aromatic carbocycles. The van der Waals surface area contributed by atoms with Gasteiger partial charge in [0.1, 0.15) is 5.76 Å². The zero-order chi connectivity index (χ0) is 15.4. The minimum absolute atomic E-state index is 0.138. The van der Waals surface area contributed by atoms with Crippen LogP contribution >= 0.6 is 15.9 Å². The van der Waals surface area contributed by atoms with Crippen LogP contribution < -0.4 is 5.32 Å². The molecule has 0 aliphatic heterocycles. The summed E-state index contributed by atoms with van der Waals surface area (Å²) in [4.78, 5) is 22.4. The van der Waals surface area contributed by atoms with Gasteiger partial charge in [-0.3, -0.25) is 14.9 Å². The van der Waals surface area contributed by atoms with E-state index in [1.807, 2.05) is 13.0 Å². The molecule has 110 valence electrons. The van der Waals surface area contributed by atoms with Crippen LogP contribution in [0.15, 0.2) is 45.5 Å². The van der Waals surface area contributed by atoms with Crippen molar-refractivity contribution >= 4 is 27.5 Å². The molecule has 21 heavy (non-hydrogen) atoms. The van der Waals surface area contributed by atoms with Gasteiger partial charge in [-0.25, -0.2) is 0 Å². The quantitative estimate of drug-likeness (QED) is 0.660. The van der Waals surface area contributed by atoms with E-state index in [-0.39, 0.29) is 23.2 Å². The number of nitro groups is 1. The number of nitrogens with zero attached hydrogens (tertiary/aromatic N) is 1. The van der Waals surface area contributed by atoms with E-state index < -0.39 is 4.92 Å². The first-order valence-corrected chi connectivity index (χ1v) is 7.04. The van der Waals surface area contributed by atoms with E-state index in [0.29, 0.717) is 10.9 Å². The second-order valence-electron chi connectivity index (χ2n) is 4.58. The van der Waals surface area contributed by atoms with E-state index in [9.17, 15) is 14.9 Å². The molecule has 1 aromatic heterocycles. The highest BCUT2D eigenvalue weighted by molar-refractivity contribution is 9.10. The number of rotatable bonds is 5. The maximum Gasteiger partial charge on any atom is 0.284 e. The van der Waals surface area contributed by atoms with E-state index in [2.05, 4.69) is 21.2 Å². The number of nitrogens with one attached hydrogen (secondary N) is 1. The van der Waals surface area contributed by atoms with Gasteiger partial charge in [-0.2, -0.15) is 0 Å². The van der Waals surface area contributed by atoms with Gasteiger partial charge >= 0.3 is 0 Å². The largest absolute Gasteiger partial charge is 0.469 e. The van der Waals surface area contributed by atoms with Crippen molar-refractivity contribution < 1.29 is 14.1 Å². The second kappa shape index (κ2) is 6.53. The van der Waals surface area contributed by atoms with Crippen LogP contribution in [-0.4, -0.2) is 16.9 Å². The molecule has 1 unspecified atom stereocenters. The first-order chi connectivity index (χ1) is 9.97. The second-order valence-corrected chi connectivity index (χ2v) is 5.44. The summed E-state index contributed by atoms with van der Waals surface area (Å²) in [6.07, 6.45) is 2.12. The minimum atomic E-state index is -0.535. The molecule has 2 aromatic rings. The lowest BCUT2D eigenvalue weighted by molar-refractivity contribution is -0.385. The third-order valence-electron chi connectivity index (χ3n) is 2.87. The van der Waals surface area contributed by atoms with Gasteiger partial charge in [0.2, 0.25) is 0 Å². The van der Waals surface area contributed by atoms with E-state index in [0.717, 1.165) is 5.76 Å². The Morgan fingerprint density at radius 2 is 2.24 bits per heavy atom. The lowest BCUT2D eigenvalue weighted by Crippen LogP contribution is -2.34. The summed E-state index contributed by atoms with van der Waals surface area (Å²) >= 11 is 3.09. The van der Waals surface area contributed by atoms with Gasteiger partial charge in [-0.15, -0.1) is 0 Å². The monoisotopic (exact) mass is 352 g/mol. The highest BCUT2D eigenvalue weighted by atomic mass is 79.9. The third kappa shape index (κ3) is 3.91. The SMILES string of the molecule is CC(Cc1ccco1)NC(=O)c1ccc(Br)c([N+](=O)[O-])c1. The number of furan rings is 1. The van der Waals surface area contributed by atoms with Crippen molar-refractivity contribution in [3.63, 3.8) is 0 Å². The number of amides is 1. The number of halogens is 1. The van der Waals surface area contributed by atoms with Crippen LogP contribution in [0.5, 0.6) is 0 Å². The van der Waals surface area contributed by atoms with E-state index >= 15 is 0 Å². The summed E-state index contributed by atoms with van der Waals surface area (Å²) in [6.45, 7) is 1.84. The summed E-state index contributed by atoms with van der Waals surface area (Å²) in [6, 6.07) is 7.73. The van der Waals surface area contributed by atoms with Gasteiger partial charge < -0.3 is 9.73 Å². The average molecular weight is 353 g/mol. The van der Waals surface area contributed by atoms with Crippen LogP contribution in [0.25, 0.3) is 0 Å². The van der Waals surface area contributed by atoms with Crippen LogP contribution in [0.4, 0.5) is 5.69 Å². The third-order valence-corrected chi connectivity index (χ3v) is 3.54. The van der Waals surface area contributed by atoms with Gasteiger partial charge in [0.15, 0.2) is 0 Å². The first kappa shape index (κ1) is 15.2. The maximum absolute atomic E-state index is 12.1. The van der Waals surface area contributed by atoms with E-state index in [4.69, 9.17) is 4.42 Å². The molecule has 0 saturated heterocycles. The molecule has 0 saturated carbocycles.